The first-order chi connectivity index (χ1) is 6.73. The zero-order chi connectivity index (χ0) is 11.8. The molecule has 0 unspecified atom stereocenters. The number of aromatic carboxylic acids is 1. The van der Waals surface area contributed by atoms with Crippen LogP contribution >= 0.6 is 10.7 Å². The van der Waals surface area contributed by atoms with Gasteiger partial charge in [-0.15, -0.1) is 0 Å². The lowest BCUT2D eigenvalue weighted by Gasteiger charge is -2.06. The van der Waals surface area contributed by atoms with Crippen LogP contribution in [0.3, 0.4) is 0 Å². The summed E-state index contributed by atoms with van der Waals surface area (Å²) in [6.07, 6.45) is 0. The van der Waals surface area contributed by atoms with Crippen molar-refractivity contribution in [3.05, 3.63) is 29.1 Å². The second-order valence-corrected chi connectivity index (χ2v) is 5.35. The van der Waals surface area contributed by atoms with Gasteiger partial charge in [0.2, 0.25) is 0 Å². The first kappa shape index (κ1) is 11.9. The molecule has 0 aliphatic heterocycles. The highest BCUT2D eigenvalue weighted by molar-refractivity contribution is 8.13. The summed E-state index contributed by atoms with van der Waals surface area (Å²) in [5, 5.41) is 8.69. The highest BCUT2D eigenvalue weighted by atomic mass is 35.7. The van der Waals surface area contributed by atoms with Crippen molar-refractivity contribution in [2.24, 2.45) is 0 Å². The fourth-order valence-electron chi connectivity index (χ4n) is 1.21. The van der Waals surface area contributed by atoms with Gasteiger partial charge in [0.1, 0.15) is 5.82 Å². The minimum atomic E-state index is -4.20. The zero-order valence-electron chi connectivity index (χ0n) is 7.49. The summed E-state index contributed by atoms with van der Waals surface area (Å²) >= 11 is 0. The summed E-state index contributed by atoms with van der Waals surface area (Å²) in [4.78, 5) is 10.1. The molecule has 0 spiro atoms. The fraction of sp³-hybridized carbons (Fsp3) is 0.125. The molecule has 0 aliphatic rings. The molecule has 0 aromatic heterocycles. The molecule has 1 aromatic rings. The highest BCUT2D eigenvalue weighted by Gasteiger charge is 2.23. The molecule has 7 heteroatoms. The van der Waals surface area contributed by atoms with Gasteiger partial charge in [-0.1, -0.05) is 0 Å². The van der Waals surface area contributed by atoms with Crippen LogP contribution in [0.2, 0.25) is 0 Å². The van der Waals surface area contributed by atoms with Gasteiger partial charge in [0.05, 0.1) is 10.5 Å². The number of hydrogen-bond acceptors (Lipinski definition) is 3. The Balaban J connectivity index is 3.70. The lowest BCUT2D eigenvalue weighted by atomic mass is 10.1. The van der Waals surface area contributed by atoms with Crippen molar-refractivity contribution < 1.29 is 22.7 Å². The van der Waals surface area contributed by atoms with Crippen molar-refractivity contribution in [1.29, 1.82) is 0 Å². The second kappa shape index (κ2) is 3.79. The molecule has 0 saturated heterocycles. The van der Waals surface area contributed by atoms with E-state index in [0.717, 1.165) is 6.07 Å². The number of benzene rings is 1. The van der Waals surface area contributed by atoms with Crippen molar-refractivity contribution in [3.63, 3.8) is 0 Å². The van der Waals surface area contributed by atoms with E-state index < -0.39 is 31.3 Å². The van der Waals surface area contributed by atoms with Gasteiger partial charge in [0.15, 0.2) is 0 Å². The molecule has 0 saturated carbocycles. The van der Waals surface area contributed by atoms with Crippen molar-refractivity contribution in [2.45, 2.75) is 11.8 Å². The summed E-state index contributed by atoms with van der Waals surface area (Å²) in [6, 6.07) is 1.52. The Morgan fingerprint density at radius 3 is 2.40 bits per heavy atom. The molecular formula is C8H6ClFO4S. The molecule has 0 amide bonds. The first-order valence-electron chi connectivity index (χ1n) is 3.71. The predicted molar refractivity (Wildman–Crippen MR) is 51.1 cm³/mol. The summed E-state index contributed by atoms with van der Waals surface area (Å²) in [7, 11) is 0.851. The number of rotatable bonds is 2. The second-order valence-electron chi connectivity index (χ2n) is 2.84. The minimum Gasteiger partial charge on any atom is -0.478 e. The average Bonchev–Trinajstić information content (AvgIpc) is 1.99. The van der Waals surface area contributed by atoms with Crippen LogP contribution in [-0.2, 0) is 9.05 Å². The van der Waals surface area contributed by atoms with Gasteiger partial charge in [-0.05, 0) is 24.6 Å². The first-order valence-corrected chi connectivity index (χ1v) is 6.02. The van der Waals surface area contributed by atoms with E-state index in [1.165, 1.54) is 6.92 Å². The molecule has 0 atom stereocenters. The Labute approximate surface area is 89.7 Å². The molecule has 1 rings (SSSR count). The van der Waals surface area contributed by atoms with Gasteiger partial charge in [-0.2, -0.15) is 0 Å². The Bertz CT molecular complexity index is 524. The number of aryl methyl sites for hydroxylation is 1. The number of halogens is 2. The van der Waals surface area contributed by atoms with Crippen molar-refractivity contribution in [1.82, 2.24) is 0 Å². The third-order valence-electron chi connectivity index (χ3n) is 1.71. The molecule has 1 aromatic carbocycles. The van der Waals surface area contributed by atoms with E-state index in [1.54, 1.807) is 0 Å². The number of carboxylic acids is 1. The van der Waals surface area contributed by atoms with E-state index in [-0.39, 0.29) is 5.56 Å². The molecule has 0 bridgehead atoms. The van der Waals surface area contributed by atoms with Crippen LogP contribution in [0.15, 0.2) is 17.0 Å². The van der Waals surface area contributed by atoms with Gasteiger partial charge < -0.3 is 5.11 Å². The Morgan fingerprint density at radius 2 is 2.00 bits per heavy atom. The molecular weight excluding hydrogens is 247 g/mol. The fourth-order valence-corrected chi connectivity index (χ4v) is 2.68. The lowest BCUT2D eigenvalue weighted by molar-refractivity contribution is 0.0692. The van der Waals surface area contributed by atoms with Crippen LogP contribution in [0, 0.1) is 12.7 Å². The van der Waals surface area contributed by atoms with Crippen LogP contribution in [-0.4, -0.2) is 19.5 Å². The monoisotopic (exact) mass is 252 g/mol. The molecule has 82 valence electrons. The average molecular weight is 253 g/mol. The molecule has 1 N–H and O–H groups in total. The Kier molecular flexibility index (Phi) is 3.01. The number of hydrogen-bond donors (Lipinski definition) is 1. The van der Waals surface area contributed by atoms with Crippen LogP contribution in [0.5, 0.6) is 0 Å². The SMILES string of the molecule is Cc1cc(F)cc(C(=O)O)c1S(=O)(=O)Cl. The van der Waals surface area contributed by atoms with Gasteiger partial charge in [0.25, 0.3) is 9.05 Å². The normalized spacial score (nSPS) is 11.4. The minimum absolute atomic E-state index is 0.0394. The molecule has 15 heavy (non-hydrogen) atoms. The molecule has 0 heterocycles. The molecule has 4 nitrogen and oxygen atoms in total. The summed E-state index contributed by atoms with van der Waals surface area (Å²) in [5.41, 5.74) is -0.704. The maximum absolute atomic E-state index is 12.9. The predicted octanol–water partition coefficient (Wildman–Crippen LogP) is 1.76. The smallest absolute Gasteiger partial charge is 0.337 e. The highest BCUT2D eigenvalue weighted by Crippen LogP contribution is 2.25. The van der Waals surface area contributed by atoms with E-state index in [1.807, 2.05) is 0 Å². The third kappa shape index (κ3) is 2.45. The summed E-state index contributed by atoms with van der Waals surface area (Å²) < 4.78 is 35.0. The molecule has 0 fully saturated rings. The maximum atomic E-state index is 12.9. The van der Waals surface area contributed by atoms with Gasteiger partial charge >= 0.3 is 5.97 Å². The lowest BCUT2D eigenvalue weighted by Crippen LogP contribution is -2.07. The zero-order valence-corrected chi connectivity index (χ0v) is 9.06. The van der Waals surface area contributed by atoms with Crippen LogP contribution in [0.1, 0.15) is 15.9 Å². The summed E-state index contributed by atoms with van der Waals surface area (Å²) in [6.45, 7) is 1.27. The Hall–Kier alpha value is -1.14. The third-order valence-corrected chi connectivity index (χ3v) is 3.21. The quantitative estimate of drug-likeness (QED) is 0.814. The Morgan fingerprint density at radius 1 is 1.47 bits per heavy atom. The van der Waals surface area contributed by atoms with E-state index in [9.17, 15) is 17.6 Å². The largest absolute Gasteiger partial charge is 0.478 e. The van der Waals surface area contributed by atoms with Crippen molar-refractivity contribution >= 4 is 25.7 Å². The van der Waals surface area contributed by atoms with Crippen LogP contribution in [0.25, 0.3) is 0 Å². The van der Waals surface area contributed by atoms with E-state index in [4.69, 9.17) is 15.8 Å². The topological polar surface area (TPSA) is 71.4 Å². The van der Waals surface area contributed by atoms with Gasteiger partial charge in [0, 0.05) is 10.7 Å². The van der Waals surface area contributed by atoms with Gasteiger partial charge in [-0.3, -0.25) is 0 Å². The van der Waals surface area contributed by atoms with Crippen LogP contribution < -0.4 is 0 Å². The maximum Gasteiger partial charge on any atom is 0.337 e. The van der Waals surface area contributed by atoms with E-state index in [2.05, 4.69) is 0 Å². The van der Waals surface area contributed by atoms with E-state index in [0.29, 0.717) is 6.07 Å². The summed E-state index contributed by atoms with van der Waals surface area (Å²) in [5.74, 6) is -2.37. The standard InChI is InChI=1S/C8H6ClFO4S/c1-4-2-5(10)3-6(8(11)12)7(4)15(9,13)14/h2-3H,1H3,(H,11,12). The number of carbonyl (C=O) groups is 1. The molecule has 0 radical (unpaired) electrons. The van der Waals surface area contributed by atoms with Crippen LogP contribution in [0.4, 0.5) is 4.39 Å². The molecule has 0 aliphatic carbocycles. The van der Waals surface area contributed by atoms with E-state index >= 15 is 0 Å². The van der Waals surface area contributed by atoms with Crippen molar-refractivity contribution in [2.75, 3.05) is 0 Å². The van der Waals surface area contributed by atoms with Gasteiger partial charge in [-0.25, -0.2) is 17.6 Å². The number of carboxylic acid groups (broad SMARTS) is 1. The van der Waals surface area contributed by atoms with Crippen molar-refractivity contribution in [3.8, 4) is 0 Å².